The summed E-state index contributed by atoms with van der Waals surface area (Å²) in [4.78, 5) is 37.0. The fraction of sp³-hybridized carbons (Fsp3) is 0.273. The van der Waals surface area contributed by atoms with E-state index in [2.05, 4.69) is 0 Å². The fourth-order valence-electron chi connectivity index (χ4n) is 3.84. The molecular weight excluding hydrogens is 372 g/mol. The van der Waals surface area contributed by atoms with E-state index in [-0.39, 0.29) is 17.4 Å². The van der Waals surface area contributed by atoms with Crippen molar-refractivity contribution in [3.05, 3.63) is 75.8 Å². The van der Waals surface area contributed by atoms with Crippen LogP contribution in [-0.4, -0.2) is 40.2 Å². The summed E-state index contributed by atoms with van der Waals surface area (Å²) in [5.41, 5.74) is 0.820. The number of ether oxygens (including phenoxy) is 1. The summed E-state index contributed by atoms with van der Waals surface area (Å²) in [6, 6.07) is 13.3. The lowest BCUT2D eigenvalue weighted by Gasteiger charge is -2.43. The van der Waals surface area contributed by atoms with Gasteiger partial charge in [-0.2, -0.15) is 0 Å². The molecule has 148 valence electrons. The lowest BCUT2D eigenvalue weighted by molar-refractivity contribution is -0.384. The van der Waals surface area contributed by atoms with Crippen molar-refractivity contribution in [2.45, 2.75) is 24.9 Å². The van der Waals surface area contributed by atoms with E-state index in [4.69, 9.17) is 4.74 Å². The predicted molar refractivity (Wildman–Crippen MR) is 107 cm³/mol. The van der Waals surface area contributed by atoms with Gasteiger partial charge in [0.15, 0.2) is 5.78 Å². The molecule has 7 heteroatoms. The smallest absolute Gasteiger partial charge is 0.269 e. The van der Waals surface area contributed by atoms with Crippen LogP contribution in [0.3, 0.4) is 0 Å². The lowest BCUT2D eigenvalue weighted by atomic mass is 9.82. The number of nitrogens with zero attached hydrogens (tertiary/aromatic N) is 2. The highest BCUT2D eigenvalue weighted by molar-refractivity contribution is 6.00. The number of benzene rings is 2. The number of nitro groups is 1. The molecule has 2 aromatic rings. The van der Waals surface area contributed by atoms with Crippen molar-refractivity contribution in [2.24, 2.45) is 0 Å². The molecule has 1 saturated heterocycles. The number of hydrogen-bond donors (Lipinski definition) is 0. The summed E-state index contributed by atoms with van der Waals surface area (Å²) < 4.78 is 6.19. The zero-order valence-electron chi connectivity index (χ0n) is 15.7. The molecular formula is C22H20N2O5. The second-order valence-corrected chi connectivity index (χ2v) is 7.39. The Labute approximate surface area is 167 Å². The van der Waals surface area contributed by atoms with E-state index in [1.807, 2.05) is 18.2 Å². The first-order chi connectivity index (χ1) is 14.0. The van der Waals surface area contributed by atoms with E-state index in [1.54, 1.807) is 29.2 Å². The van der Waals surface area contributed by atoms with E-state index >= 15 is 0 Å². The van der Waals surface area contributed by atoms with Crippen molar-refractivity contribution < 1.29 is 19.2 Å². The van der Waals surface area contributed by atoms with Gasteiger partial charge in [0.05, 0.1) is 16.9 Å². The van der Waals surface area contributed by atoms with Crippen molar-refractivity contribution in [3.8, 4) is 5.75 Å². The largest absolute Gasteiger partial charge is 0.486 e. The van der Waals surface area contributed by atoms with Crippen LogP contribution in [-0.2, 0) is 4.79 Å². The van der Waals surface area contributed by atoms with Crippen molar-refractivity contribution >= 4 is 23.5 Å². The Bertz CT molecular complexity index is 989. The Hall–Kier alpha value is -3.48. The fourth-order valence-corrected chi connectivity index (χ4v) is 3.84. The van der Waals surface area contributed by atoms with Crippen LogP contribution in [0.2, 0.25) is 0 Å². The van der Waals surface area contributed by atoms with Gasteiger partial charge in [-0.1, -0.05) is 12.1 Å². The zero-order chi connectivity index (χ0) is 20.4. The molecule has 1 amide bonds. The minimum absolute atomic E-state index is 0.0124. The monoisotopic (exact) mass is 392 g/mol. The maximum absolute atomic E-state index is 12.5. The van der Waals surface area contributed by atoms with Crippen molar-refractivity contribution in [1.29, 1.82) is 0 Å². The molecule has 0 atom stereocenters. The molecule has 2 aliphatic rings. The number of hydrogen-bond acceptors (Lipinski definition) is 5. The van der Waals surface area contributed by atoms with Crippen molar-refractivity contribution in [1.82, 2.24) is 4.90 Å². The first-order valence-corrected chi connectivity index (χ1v) is 9.48. The predicted octanol–water partition coefficient (Wildman–Crippen LogP) is 3.63. The lowest BCUT2D eigenvalue weighted by Crippen LogP contribution is -2.52. The van der Waals surface area contributed by atoms with Gasteiger partial charge in [-0.15, -0.1) is 0 Å². The average Bonchev–Trinajstić information content (AvgIpc) is 2.73. The van der Waals surface area contributed by atoms with Crippen LogP contribution in [0.1, 0.15) is 35.2 Å². The van der Waals surface area contributed by atoms with E-state index < -0.39 is 10.5 Å². The van der Waals surface area contributed by atoms with Crippen molar-refractivity contribution in [3.63, 3.8) is 0 Å². The van der Waals surface area contributed by atoms with Crippen LogP contribution in [0.4, 0.5) is 5.69 Å². The van der Waals surface area contributed by atoms with Gasteiger partial charge in [-0.25, -0.2) is 0 Å². The molecule has 1 spiro atoms. The molecule has 29 heavy (non-hydrogen) atoms. The second-order valence-electron chi connectivity index (χ2n) is 7.39. The number of piperidine rings is 1. The SMILES string of the molecule is O=C1CC2(CCN(C(=O)/C=C\c3ccc([N+](=O)[O-])cc3)CC2)Oc2ccccc21. The van der Waals surface area contributed by atoms with Crippen LogP contribution < -0.4 is 4.74 Å². The van der Waals surface area contributed by atoms with Gasteiger partial charge in [0, 0.05) is 44.1 Å². The van der Waals surface area contributed by atoms with Gasteiger partial charge in [0.2, 0.25) is 5.91 Å². The normalized spacial score (nSPS) is 17.8. The number of carbonyl (C=O) groups is 2. The minimum Gasteiger partial charge on any atom is -0.486 e. The summed E-state index contributed by atoms with van der Waals surface area (Å²) in [5, 5.41) is 10.7. The first kappa shape index (κ1) is 18.9. The Kier molecular flexibility index (Phi) is 4.88. The summed E-state index contributed by atoms with van der Waals surface area (Å²) >= 11 is 0. The quantitative estimate of drug-likeness (QED) is 0.452. The third-order valence-corrected chi connectivity index (χ3v) is 5.51. The Balaban J connectivity index is 1.38. The molecule has 2 aliphatic heterocycles. The second kappa shape index (κ2) is 7.50. The number of non-ortho nitro benzene ring substituents is 1. The van der Waals surface area contributed by atoms with Crippen LogP contribution in [0, 0.1) is 10.1 Å². The van der Waals surface area contributed by atoms with E-state index in [0.29, 0.717) is 43.7 Å². The third-order valence-electron chi connectivity index (χ3n) is 5.51. The maximum Gasteiger partial charge on any atom is 0.269 e. The molecule has 4 rings (SSSR count). The summed E-state index contributed by atoms with van der Waals surface area (Å²) in [6.45, 7) is 1.03. The van der Waals surface area contributed by atoms with E-state index in [0.717, 1.165) is 5.56 Å². The van der Waals surface area contributed by atoms with Gasteiger partial charge in [0.1, 0.15) is 11.4 Å². The Morgan fingerprint density at radius 1 is 1.10 bits per heavy atom. The number of carbonyl (C=O) groups excluding carboxylic acids is 2. The average molecular weight is 392 g/mol. The number of Topliss-reactive ketones (excluding diaryl/α,β-unsaturated/α-hetero) is 1. The van der Waals surface area contributed by atoms with Gasteiger partial charge < -0.3 is 9.64 Å². The standard InChI is InChI=1S/C22H20N2O5/c25-19-15-22(29-20-4-2-1-3-18(19)20)11-13-23(14-12-22)21(26)10-7-16-5-8-17(9-6-16)24(27)28/h1-10H,11-15H2/b10-7-. The highest BCUT2D eigenvalue weighted by Crippen LogP contribution is 2.39. The highest BCUT2D eigenvalue weighted by Gasteiger charge is 2.43. The number of likely N-dealkylation sites (tertiary alicyclic amines) is 1. The van der Waals surface area contributed by atoms with Gasteiger partial charge in [-0.3, -0.25) is 19.7 Å². The highest BCUT2D eigenvalue weighted by atomic mass is 16.6. The molecule has 2 aromatic carbocycles. The van der Waals surface area contributed by atoms with Crippen LogP contribution in [0.15, 0.2) is 54.6 Å². The zero-order valence-corrected chi connectivity index (χ0v) is 15.7. The molecule has 0 bridgehead atoms. The Morgan fingerprint density at radius 3 is 2.48 bits per heavy atom. The number of para-hydroxylation sites is 1. The number of amides is 1. The number of rotatable bonds is 3. The molecule has 1 fully saturated rings. The molecule has 2 heterocycles. The van der Waals surface area contributed by atoms with Crippen LogP contribution in [0.25, 0.3) is 6.08 Å². The number of nitro benzene ring substituents is 1. The first-order valence-electron chi connectivity index (χ1n) is 9.48. The molecule has 0 radical (unpaired) electrons. The molecule has 0 aliphatic carbocycles. The molecule has 0 unspecified atom stereocenters. The van der Waals surface area contributed by atoms with E-state index in [1.165, 1.54) is 18.2 Å². The van der Waals surface area contributed by atoms with Gasteiger partial charge >= 0.3 is 0 Å². The summed E-state index contributed by atoms with van der Waals surface area (Å²) in [6.07, 6.45) is 4.66. The topological polar surface area (TPSA) is 89.8 Å². The van der Waals surface area contributed by atoms with Crippen LogP contribution in [0.5, 0.6) is 5.75 Å². The third kappa shape index (κ3) is 3.89. The minimum atomic E-state index is -0.537. The maximum atomic E-state index is 12.5. The molecule has 7 nitrogen and oxygen atoms in total. The summed E-state index contributed by atoms with van der Waals surface area (Å²) in [7, 11) is 0. The Morgan fingerprint density at radius 2 is 1.79 bits per heavy atom. The summed E-state index contributed by atoms with van der Waals surface area (Å²) in [5.74, 6) is 0.590. The molecule has 0 N–H and O–H groups in total. The number of ketones is 1. The van der Waals surface area contributed by atoms with Crippen LogP contribution >= 0.6 is 0 Å². The molecule has 0 aromatic heterocycles. The van der Waals surface area contributed by atoms with E-state index in [9.17, 15) is 19.7 Å². The van der Waals surface area contributed by atoms with Gasteiger partial charge in [-0.05, 0) is 35.9 Å². The van der Waals surface area contributed by atoms with Gasteiger partial charge in [0.25, 0.3) is 5.69 Å². The number of fused-ring (bicyclic) bond motifs is 1. The van der Waals surface area contributed by atoms with Crippen molar-refractivity contribution in [2.75, 3.05) is 13.1 Å². The molecule has 0 saturated carbocycles.